The minimum absolute atomic E-state index is 0.224. The molecule has 0 fully saturated rings. The van der Waals surface area contributed by atoms with Crippen molar-refractivity contribution in [2.75, 3.05) is 13.2 Å². The van der Waals surface area contributed by atoms with E-state index in [1.165, 1.54) is 0 Å². The number of carbonyl (C=O) groups is 3. The quantitative estimate of drug-likeness (QED) is 0.593. The first-order chi connectivity index (χ1) is 13.9. The lowest BCUT2D eigenvalue weighted by molar-refractivity contribution is -0.127. The number of hydrogen-bond donors (Lipinski definition) is 2. The number of carbonyl (C=O) groups excluding carboxylic acids is 3. The van der Waals surface area contributed by atoms with Crippen molar-refractivity contribution < 1.29 is 19.1 Å². The van der Waals surface area contributed by atoms with Gasteiger partial charge in [0.25, 0.3) is 5.91 Å². The summed E-state index contributed by atoms with van der Waals surface area (Å²) in [6.45, 7) is 1.09. The minimum Gasteiger partial charge on any atom is -0.452 e. The Morgan fingerprint density at radius 1 is 1.10 bits per heavy atom. The second kappa shape index (κ2) is 8.83. The molecular formula is C21H20N4O4. The van der Waals surface area contributed by atoms with Gasteiger partial charge >= 0.3 is 5.97 Å². The Hall–Kier alpha value is -3.94. The van der Waals surface area contributed by atoms with Gasteiger partial charge in [-0.1, -0.05) is 42.0 Å². The number of primary amides is 1. The third-order valence-corrected chi connectivity index (χ3v) is 4.04. The van der Waals surface area contributed by atoms with E-state index in [9.17, 15) is 14.4 Å². The molecule has 8 nitrogen and oxygen atoms in total. The Balaban J connectivity index is 1.87. The minimum atomic E-state index is -0.696. The number of nitrogens with zero attached hydrogens (tertiary/aromatic N) is 2. The van der Waals surface area contributed by atoms with E-state index in [1.54, 1.807) is 10.9 Å². The lowest BCUT2D eigenvalue weighted by Gasteiger charge is -2.06. The molecule has 0 bridgehead atoms. The molecule has 3 N–H and O–H groups in total. The molecule has 29 heavy (non-hydrogen) atoms. The highest BCUT2D eigenvalue weighted by molar-refractivity contribution is 5.97. The molecule has 0 aliphatic carbocycles. The van der Waals surface area contributed by atoms with Crippen molar-refractivity contribution in [2.24, 2.45) is 5.73 Å². The number of hydrogen-bond acceptors (Lipinski definition) is 5. The molecule has 2 amide bonds. The molecular weight excluding hydrogens is 372 g/mol. The van der Waals surface area contributed by atoms with Crippen LogP contribution in [0.15, 0.2) is 60.8 Å². The third-order valence-electron chi connectivity index (χ3n) is 4.04. The highest BCUT2D eigenvalue weighted by atomic mass is 16.5. The molecule has 0 atom stereocenters. The van der Waals surface area contributed by atoms with E-state index in [-0.39, 0.29) is 12.1 Å². The number of ether oxygens (including phenoxy) is 1. The first-order valence-electron chi connectivity index (χ1n) is 8.88. The number of para-hydroxylation sites is 1. The molecule has 8 heteroatoms. The summed E-state index contributed by atoms with van der Waals surface area (Å²) in [4.78, 5) is 35.1. The molecule has 3 aromatic rings. The zero-order chi connectivity index (χ0) is 20.8. The van der Waals surface area contributed by atoms with E-state index in [1.807, 2.05) is 61.5 Å². The van der Waals surface area contributed by atoms with Crippen molar-refractivity contribution in [3.05, 3.63) is 71.9 Å². The smallest absolute Gasteiger partial charge is 0.342 e. The number of benzene rings is 2. The zero-order valence-electron chi connectivity index (χ0n) is 15.8. The van der Waals surface area contributed by atoms with E-state index in [0.29, 0.717) is 5.69 Å². The highest BCUT2D eigenvalue weighted by Crippen LogP contribution is 2.25. The first-order valence-corrected chi connectivity index (χ1v) is 8.88. The van der Waals surface area contributed by atoms with Gasteiger partial charge in [0.15, 0.2) is 6.61 Å². The fourth-order valence-corrected chi connectivity index (χ4v) is 2.69. The van der Waals surface area contributed by atoms with Crippen LogP contribution in [0, 0.1) is 6.92 Å². The van der Waals surface area contributed by atoms with Crippen molar-refractivity contribution in [1.29, 1.82) is 0 Å². The fourth-order valence-electron chi connectivity index (χ4n) is 2.69. The zero-order valence-corrected chi connectivity index (χ0v) is 15.8. The number of rotatable bonds is 7. The fraction of sp³-hybridized carbons (Fsp3) is 0.143. The van der Waals surface area contributed by atoms with Gasteiger partial charge in [-0.3, -0.25) is 9.59 Å². The Morgan fingerprint density at radius 2 is 1.86 bits per heavy atom. The van der Waals surface area contributed by atoms with Crippen LogP contribution in [0.2, 0.25) is 0 Å². The number of nitrogens with two attached hydrogens (primary N) is 1. The van der Waals surface area contributed by atoms with E-state index >= 15 is 0 Å². The molecule has 1 aromatic heterocycles. The molecule has 0 aliphatic heterocycles. The Morgan fingerprint density at radius 3 is 2.55 bits per heavy atom. The van der Waals surface area contributed by atoms with Crippen molar-refractivity contribution >= 4 is 17.8 Å². The van der Waals surface area contributed by atoms with Crippen LogP contribution in [0.5, 0.6) is 0 Å². The summed E-state index contributed by atoms with van der Waals surface area (Å²) in [5, 5.41) is 6.82. The normalized spacial score (nSPS) is 10.4. The van der Waals surface area contributed by atoms with Crippen molar-refractivity contribution in [2.45, 2.75) is 6.92 Å². The molecule has 0 unspecified atom stereocenters. The van der Waals surface area contributed by atoms with Gasteiger partial charge in [-0.25, -0.2) is 9.48 Å². The third kappa shape index (κ3) is 5.07. The van der Waals surface area contributed by atoms with E-state index in [0.717, 1.165) is 16.8 Å². The molecule has 2 aromatic carbocycles. The molecule has 0 saturated heterocycles. The predicted molar refractivity (Wildman–Crippen MR) is 106 cm³/mol. The highest BCUT2D eigenvalue weighted by Gasteiger charge is 2.21. The average Bonchev–Trinajstić information content (AvgIpc) is 3.17. The summed E-state index contributed by atoms with van der Waals surface area (Å²) in [6, 6.07) is 16.9. The molecule has 0 saturated carbocycles. The van der Waals surface area contributed by atoms with Crippen LogP contribution in [-0.4, -0.2) is 40.7 Å². The standard InChI is InChI=1S/C21H20N4O4/c1-14-6-5-7-15(10-14)20-17(12-25(24-20)16-8-3-2-4-9-16)21(28)29-13-19(27)23-11-18(22)26/h2-10,12H,11,13H2,1H3,(H2,22,26)(H,23,27). The molecule has 0 aliphatic rings. The first kappa shape index (κ1) is 19.8. The predicted octanol–water partition coefficient (Wildman–Crippen LogP) is 1.61. The Bertz CT molecular complexity index is 1040. The number of esters is 1. The maximum absolute atomic E-state index is 12.7. The van der Waals surface area contributed by atoms with Gasteiger partial charge in [-0.2, -0.15) is 5.10 Å². The number of nitrogens with one attached hydrogen (secondary N) is 1. The largest absolute Gasteiger partial charge is 0.452 e. The average molecular weight is 392 g/mol. The summed E-state index contributed by atoms with van der Waals surface area (Å²) >= 11 is 0. The number of aryl methyl sites for hydroxylation is 1. The molecule has 0 spiro atoms. The molecule has 0 radical (unpaired) electrons. The lowest BCUT2D eigenvalue weighted by atomic mass is 10.1. The van der Waals surface area contributed by atoms with Crippen LogP contribution in [0.4, 0.5) is 0 Å². The number of amides is 2. The second-order valence-electron chi connectivity index (χ2n) is 6.36. The summed E-state index contributed by atoms with van der Waals surface area (Å²) in [5.41, 5.74) is 8.19. The molecule has 1 heterocycles. The van der Waals surface area contributed by atoms with Gasteiger partial charge in [0.1, 0.15) is 11.3 Å². The maximum Gasteiger partial charge on any atom is 0.342 e. The van der Waals surface area contributed by atoms with Crippen molar-refractivity contribution in [1.82, 2.24) is 15.1 Å². The van der Waals surface area contributed by atoms with E-state index in [2.05, 4.69) is 10.4 Å². The molecule has 3 rings (SSSR count). The van der Waals surface area contributed by atoms with Crippen molar-refractivity contribution in [3.8, 4) is 16.9 Å². The summed E-state index contributed by atoms with van der Waals surface area (Å²) in [7, 11) is 0. The lowest BCUT2D eigenvalue weighted by Crippen LogP contribution is -2.36. The van der Waals surface area contributed by atoms with Crippen LogP contribution in [0.3, 0.4) is 0 Å². The number of aromatic nitrogens is 2. The summed E-state index contributed by atoms with van der Waals surface area (Å²) in [5.74, 6) is -2.00. The second-order valence-corrected chi connectivity index (χ2v) is 6.36. The Labute approximate surface area is 167 Å². The maximum atomic E-state index is 12.7. The topological polar surface area (TPSA) is 116 Å². The van der Waals surface area contributed by atoms with Crippen LogP contribution < -0.4 is 11.1 Å². The van der Waals surface area contributed by atoms with Gasteiger partial charge in [0, 0.05) is 11.8 Å². The molecule has 148 valence electrons. The SMILES string of the molecule is Cc1cccc(-c2nn(-c3ccccc3)cc2C(=O)OCC(=O)NCC(N)=O)c1. The van der Waals surface area contributed by atoms with Crippen LogP contribution in [0.1, 0.15) is 15.9 Å². The summed E-state index contributed by atoms with van der Waals surface area (Å²) in [6.07, 6.45) is 1.57. The van der Waals surface area contributed by atoms with Crippen LogP contribution in [0.25, 0.3) is 16.9 Å². The van der Waals surface area contributed by atoms with Crippen LogP contribution >= 0.6 is 0 Å². The van der Waals surface area contributed by atoms with Crippen molar-refractivity contribution in [3.63, 3.8) is 0 Å². The Kier molecular flexibility index (Phi) is 6.03. The van der Waals surface area contributed by atoms with E-state index in [4.69, 9.17) is 10.5 Å². The van der Waals surface area contributed by atoms with Gasteiger partial charge in [0.05, 0.1) is 12.2 Å². The van der Waals surface area contributed by atoms with Crippen LogP contribution in [-0.2, 0) is 14.3 Å². The monoisotopic (exact) mass is 392 g/mol. The summed E-state index contributed by atoms with van der Waals surface area (Å²) < 4.78 is 6.69. The van der Waals surface area contributed by atoms with E-state index < -0.39 is 24.4 Å². The van der Waals surface area contributed by atoms with Gasteiger partial charge in [0.2, 0.25) is 5.91 Å². The van der Waals surface area contributed by atoms with Gasteiger partial charge in [-0.15, -0.1) is 0 Å². The van der Waals surface area contributed by atoms with Gasteiger partial charge in [-0.05, 0) is 25.1 Å². The van der Waals surface area contributed by atoms with Gasteiger partial charge < -0.3 is 15.8 Å².